The Kier molecular flexibility index (Phi) is 9.07. The summed E-state index contributed by atoms with van der Waals surface area (Å²) in [6.07, 6.45) is 13.7. The van der Waals surface area contributed by atoms with Crippen molar-refractivity contribution in [3.8, 4) is 5.75 Å². The molecule has 1 unspecified atom stereocenters. The predicted molar refractivity (Wildman–Crippen MR) is 105 cm³/mol. The molecule has 0 aliphatic heterocycles. The van der Waals surface area contributed by atoms with Crippen molar-refractivity contribution in [2.45, 2.75) is 84.5 Å². The molecule has 1 aliphatic carbocycles. The summed E-state index contributed by atoms with van der Waals surface area (Å²) in [6.45, 7) is 4.53. The summed E-state index contributed by atoms with van der Waals surface area (Å²) in [5.74, 6) is 2.11. The quantitative estimate of drug-likeness (QED) is 0.265. The zero-order valence-electron chi connectivity index (χ0n) is 16.2. The van der Waals surface area contributed by atoms with Crippen LogP contribution in [0.4, 0.5) is 0 Å². The molecule has 140 valence electrons. The number of hydrogen-bond acceptors (Lipinski definition) is 2. The van der Waals surface area contributed by atoms with E-state index in [9.17, 15) is 4.79 Å². The van der Waals surface area contributed by atoms with Crippen LogP contribution in [-0.4, -0.2) is 5.97 Å². The summed E-state index contributed by atoms with van der Waals surface area (Å²) in [7, 11) is 0. The third kappa shape index (κ3) is 6.84. The summed E-state index contributed by atoms with van der Waals surface area (Å²) in [5, 5.41) is 0. The van der Waals surface area contributed by atoms with Crippen LogP contribution in [0.25, 0.3) is 0 Å². The van der Waals surface area contributed by atoms with Crippen LogP contribution >= 0.6 is 0 Å². The highest BCUT2D eigenvalue weighted by atomic mass is 16.5. The monoisotopic (exact) mass is 344 g/mol. The number of carbonyl (C=O) groups excluding carboxylic acids is 1. The first-order valence-electron chi connectivity index (χ1n) is 10.5. The molecule has 2 heteroatoms. The molecule has 1 aromatic rings. The lowest BCUT2D eigenvalue weighted by molar-refractivity contribution is -0.142. The van der Waals surface area contributed by atoms with Crippen molar-refractivity contribution in [3.05, 3.63) is 30.3 Å². The minimum atomic E-state index is -0.000272. The van der Waals surface area contributed by atoms with E-state index < -0.39 is 0 Å². The molecule has 0 spiro atoms. The van der Waals surface area contributed by atoms with Gasteiger partial charge in [-0.25, -0.2) is 0 Å². The highest BCUT2D eigenvalue weighted by Gasteiger charge is 2.35. The maximum absolute atomic E-state index is 12.8. The summed E-state index contributed by atoms with van der Waals surface area (Å²) in [6, 6.07) is 9.55. The Morgan fingerprint density at radius 1 is 0.960 bits per heavy atom. The first-order chi connectivity index (χ1) is 12.2. The molecule has 1 saturated carbocycles. The van der Waals surface area contributed by atoms with E-state index in [1.54, 1.807) is 0 Å². The predicted octanol–water partition coefficient (Wildman–Crippen LogP) is 6.79. The first-order valence-corrected chi connectivity index (χ1v) is 10.5. The maximum atomic E-state index is 12.8. The van der Waals surface area contributed by atoms with Gasteiger partial charge in [0.15, 0.2) is 0 Å². The summed E-state index contributed by atoms with van der Waals surface area (Å²) >= 11 is 0. The molecular formula is C23H36O2. The first kappa shape index (κ1) is 20.0. The lowest BCUT2D eigenvalue weighted by atomic mass is 9.71. The van der Waals surface area contributed by atoms with Crippen LogP contribution in [0.3, 0.4) is 0 Å². The Morgan fingerprint density at radius 2 is 1.72 bits per heavy atom. The third-order valence-corrected chi connectivity index (χ3v) is 5.73. The normalized spacial score (nSPS) is 23.4. The van der Waals surface area contributed by atoms with Gasteiger partial charge in [0, 0.05) is 0 Å². The molecule has 25 heavy (non-hydrogen) atoms. The molecule has 0 radical (unpaired) electrons. The third-order valence-electron chi connectivity index (χ3n) is 5.73. The molecule has 2 rings (SSSR count). The fraction of sp³-hybridized carbons (Fsp3) is 0.696. The van der Waals surface area contributed by atoms with Crippen molar-refractivity contribution in [1.82, 2.24) is 0 Å². The Balaban J connectivity index is 1.91. The number of ether oxygens (including phenoxy) is 1. The second-order valence-electron chi connectivity index (χ2n) is 7.77. The van der Waals surface area contributed by atoms with Gasteiger partial charge in [0.25, 0.3) is 0 Å². The molecule has 0 saturated heterocycles. The molecule has 2 nitrogen and oxygen atoms in total. The van der Waals surface area contributed by atoms with E-state index in [-0.39, 0.29) is 11.9 Å². The minimum Gasteiger partial charge on any atom is -0.426 e. The van der Waals surface area contributed by atoms with Crippen LogP contribution in [0.5, 0.6) is 5.75 Å². The molecule has 0 N–H and O–H groups in total. The van der Waals surface area contributed by atoms with Gasteiger partial charge in [-0.05, 0) is 49.7 Å². The van der Waals surface area contributed by atoms with Crippen LogP contribution < -0.4 is 4.74 Å². The van der Waals surface area contributed by atoms with Crippen LogP contribution in [0, 0.1) is 17.8 Å². The van der Waals surface area contributed by atoms with Crippen molar-refractivity contribution in [2.24, 2.45) is 17.8 Å². The Hall–Kier alpha value is -1.31. The smallest absolute Gasteiger partial charge is 0.314 e. The molecule has 1 aliphatic rings. The SMILES string of the molecule is CCCCCCC[C@@H]1CC(CCC)CC[C@H]1C(=O)Oc1ccccc1. The highest BCUT2D eigenvalue weighted by Crippen LogP contribution is 2.39. The van der Waals surface area contributed by atoms with Gasteiger partial charge in [-0.1, -0.05) is 77.0 Å². The molecule has 0 amide bonds. The van der Waals surface area contributed by atoms with Gasteiger partial charge in [-0.3, -0.25) is 4.79 Å². The lowest BCUT2D eigenvalue weighted by Gasteiger charge is -2.35. The van der Waals surface area contributed by atoms with E-state index in [0.29, 0.717) is 11.7 Å². The second-order valence-corrected chi connectivity index (χ2v) is 7.77. The zero-order valence-corrected chi connectivity index (χ0v) is 16.2. The number of para-hydroxylation sites is 1. The molecular weight excluding hydrogens is 308 g/mol. The van der Waals surface area contributed by atoms with E-state index in [1.807, 2.05) is 30.3 Å². The summed E-state index contributed by atoms with van der Waals surface area (Å²) in [5.41, 5.74) is 0. The van der Waals surface area contributed by atoms with Crippen LogP contribution in [0.15, 0.2) is 30.3 Å². The fourth-order valence-electron chi connectivity index (χ4n) is 4.35. The molecule has 1 aromatic carbocycles. The second kappa shape index (κ2) is 11.3. The number of rotatable bonds is 10. The van der Waals surface area contributed by atoms with Crippen molar-refractivity contribution in [1.29, 1.82) is 0 Å². The Morgan fingerprint density at radius 3 is 2.44 bits per heavy atom. The summed E-state index contributed by atoms with van der Waals surface area (Å²) in [4.78, 5) is 12.8. The van der Waals surface area contributed by atoms with Gasteiger partial charge in [-0.2, -0.15) is 0 Å². The maximum Gasteiger partial charge on any atom is 0.314 e. The Labute approximate surface area is 154 Å². The Bertz CT molecular complexity index is 482. The number of esters is 1. The molecule has 0 heterocycles. The lowest BCUT2D eigenvalue weighted by Crippen LogP contribution is -2.33. The van der Waals surface area contributed by atoms with E-state index in [0.717, 1.165) is 12.3 Å². The van der Waals surface area contributed by atoms with Crippen LogP contribution in [-0.2, 0) is 4.79 Å². The van der Waals surface area contributed by atoms with E-state index in [1.165, 1.54) is 64.2 Å². The fourth-order valence-corrected chi connectivity index (χ4v) is 4.35. The number of benzene rings is 1. The molecule has 1 fully saturated rings. The van der Waals surface area contributed by atoms with E-state index in [4.69, 9.17) is 4.74 Å². The minimum absolute atomic E-state index is 0.000272. The zero-order chi connectivity index (χ0) is 17.9. The van der Waals surface area contributed by atoms with E-state index in [2.05, 4.69) is 13.8 Å². The van der Waals surface area contributed by atoms with Gasteiger partial charge < -0.3 is 4.74 Å². The van der Waals surface area contributed by atoms with Crippen LogP contribution in [0.1, 0.15) is 84.5 Å². The van der Waals surface area contributed by atoms with Crippen molar-refractivity contribution in [2.75, 3.05) is 0 Å². The van der Waals surface area contributed by atoms with Gasteiger partial charge in [0.1, 0.15) is 5.75 Å². The van der Waals surface area contributed by atoms with Gasteiger partial charge in [0.2, 0.25) is 0 Å². The van der Waals surface area contributed by atoms with Crippen molar-refractivity contribution < 1.29 is 9.53 Å². The van der Waals surface area contributed by atoms with Gasteiger partial charge in [0.05, 0.1) is 5.92 Å². The molecule has 0 aromatic heterocycles. The number of carbonyl (C=O) groups is 1. The van der Waals surface area contributed by atoms with Crippen molar-refractivity contribution in [3.63, 3.8) is 0 Å². The molecule has 3 atom stereocenters. The highest BCUT2D eigenvalue weighted by molar-refractivity contribution is 5.75. The number of hydrogen-bond donors (Lipinski definition) is 0. The average molecular weight is 345 g/mol. The van der Waals surface area contributed by atoms with Gasteiger partial charge in [-0.15, -0.1) is 0 Å². The number of unbranched alkanes of at least 4 members (excludes halogenated alkanes) is 4. The average Bonchev–Trinajstić information content (AvgIpc) is 2.63. The van der Waals surface area contributed by atoms with Crippen LogP contribution in [0.2, 0.25) is 0 Å². The van der Waals surface area contributed by atoms with Crippen molar-refractivity contribution >= 4 is 5.97 Å². The standard InChI is InChI=1S/C23H36O2/c1-3-5-6-7-9-13-20-18-19(12-4-2)16-17-22(20)23(24)25-21-14-10-8-11-15-21/h8,10-11,14-15,19-20,22H,3-7,9,12-13,16-18H2,1-2H3/t19?,20-,22-/m1/s1. The largest absolute Gasteiger partial charge is 0.426 e. The summed E-state index contributed by atoms with van der Waals surface area (Å²) < 4.78 is 5.69. The van der Waals surface area contributed by atoms with E-state index >= 15 is 0 Å². The molecule has 0 bridgehead atoms. The topological polar surface area (TPSA) is 26.3 Å². The van der Waals surface area contributed by atoms with Gasteiger partial charge >= 0.3 is 5.97 Å².